The summed E-state index contributed by atoms with van der Waals surface area (Å²) in [7, 11) is 0. The highest BCUT2D eigenvalue weighted by Crippen LogP contribution is 2.14. The number of hydrogen-bond acceptors (Lipinski definition) is 4. The molecule has 0 N–H and O–H groups in total. The van der Waals surface area contributed by atoms with E-state index in [9.17, 15) is 4.79 Å². The first kappa shape index (κ1) is 15.0. The van der Waals surface area contributed by atoms with Gasteiger partial charge in [-0.25, -0.2) is 4.98 Å². The predicted molar refractivity (Wildman–Crippen MR) is 75.1 cm³/mol. The third-order valence-electron chi connectivity index (χ3n) is 3.68. The van der Waals surface area contributed by atoms with Crippen molar-refractivity contribution in [1.82, 2.24) is 19.7 Å². The number of nitrogens with zero attached hydrogens (tertiary/aromatic N) is 4. The lowest BCUT2D eigenvalue weighted by Crippen LogP contribution is -2.39. The SMILES string of the molecule is CCN(C[C@@H]1CCCCO1)C(=O)CCCn1cncn1. The van der Waals surface area contributed by atoms with Crippen LogP contribution in [0.25, 0.3) is 0 Å². The highest BCUT2D eigenvalue weighted by Gasteiger charge is 2.20. The number of aromatic nitrogens is 3. The predicted octanol–water partition coefficient (Wildman–Crippen LogP) is 1.48. The van der Waals surface area contributed by atoms with Gasteiger partial charge in [0.15, 0.2) is 0 Å². The minimum absolute atomic E-state index is 0.210. The summed E-state index contributed by atoms with van der Waals surface area (Å²) in [6, 6.07) is 0. The minimum atomic E-state index is 0.210. The quantitative estimate of drug-likeness (QED) is 0.759. The van der Waals surface area contributed by atoms with E-state index in [-0.39, 0.29) is 12.0 Å². The fourth-order valence-electron chi connectivity index (χ4n) is 2.50. The molecule has 0 bridgehead atoms. The van der Waals surface area contributed by atoms with Crippen LogP contribution in [0, 0.1) is 0 Å². The van der Waals surface area contributed by atoms with E-state index in [1.807, 2.05) is 11.8 Å². The second kappa shape index (κ2) is 7.99. The molecule has 0 unspecified atom stereocenters. The Balaban J connectivity index is 1.70. The number of carbonyl (C=O) groups is 1. The van der Waals surface area contributed by atoms with Crippen LogP contribution < -0.4 is 0 Å². The van der Waals surface area contributed by atoms with Crippen LogP contribution in [-0.2, 0) is 16.1 Å². The normalized spacial score (nSPS) is 18.9. The lowest BCUT2D eigenvalue weighted by Gasteiger charge is -2.29. The molecule has 1 aromatic heterocycles. The van der Waals surface area contributed by atoms with Crippen LogP contribution in [0.15, 0.2) is 12.7 Å². The maximum absolute atomic E-state index is 12.2. The van der Waals surface area contributed by atoms with Gasteiger partial charge in [0.25, 0.3) is 0 Å². The van der Waals surface area contributed by atoms with E-state index in [0.29, 0.717) is 6.42 Å². The molecule has 112 valence electrons. The van der Waals surface area contributed by atoms with Crippen molar-refractivity contribution in [2.24, 2.45) is 0 Å². The maximum Gasteiger partial charge on any atom is 0.222 e. The highest BCUT2D eigenvalue weighted by molar-refractivity contribution is 5.76. The van der Waals surface area contributed by atoms with Crippen molar-refractivity contribution in [3.8, 4) is 0 Å². The molecular formula is C14H24N4O2. The molecule has 1 aliphatic rings. The van der Waals surface area contributed by atoms with E-state index >= 15 is 0 Å². The molecule has 6 nitrogen and oxygen atoms in total. The molecule has 1 saturated heterocycles. The van der Waals surface area contributed by atoms with Crippen molar-refractivity contribution < 1.29 is 9.53 Å². The van der Waals surface area contributed by atoms with Crippen molar-refractivity contribution in [2.75, 3.05) is 19.7 Å². The number of likely N-dealkylation sites (N-methyl/N-ethyl adjacent to an activating group) is 1. The molecular weight excluding hydrogens is 256 g/mol. The minimum Gasteiger partial charge on any atom is -0.376 e. The zero-order chi connectivity index (χ0) is 14.2. The first-order chi connectivity index (χ1) is 9.79. The van der Waals surface area contributed by atoms with Gasteiger partial charge >= 0.3 is 0 Å². The number of carbonyl (C=O) groups excluding carboxylic acids is 1. The van der Waals surface area contributed by atoms with Crippen LogP contribution in [0.1, 0.15) is 39.0 Å². The average Bonchev–Trinajstić information content (AvgIpc) is 2.99. The van der Waals surface area contributed by atoms with Gasteiger partial charge in [-0.2, -0.15) is 5.10 Å². The second-order valence-electron chi connectivity index (χ2n) is 5.18. The van der Waals surface area contributed by atoms with Gasteiger partial charge in [0, 0.05) is 32.7 Å². The monoisotopic (exact) mass is 280 g/mol. The number of ether oxygens (including phenoxy) is 1. The third kappa shape index (κ3) is 4.59. The molecule has 1 aliphatic heterocycles. The van der Waals surface area contributed by atoms with Crippen molar-refractivity contribution in [2.45, 2.75) is 51.7 Å². The molecule has 2 rings (SSSR count). The third-order valence-corrected chi connectivity index (χ3v) is 3.68. The van der Waals surface area contributed by atoms with Gasteiger partial charge in [-0.1, -0.05) is 0 Å². The maximum atomic E-state index is 12.2. The fraction of sp³-hybridized carbons (Fsp3) is 0.786. The molecule has 1 aromatic rings. The van der Waals surface area contributed by atoms with E-state index in [4.69, 9.17) is 4.74 Å². The van der Waals surface area contributed by atoms with Gasteiger partial charge in [0.1, 0.15) is 12.7 Å². The van der Waals surface area contributed by atoms with Crippen LogP contribution >= 0.6 is 0 Å². The van der Waals surface area contributed by atoms with Crippen LogP contribution in [0.2, 0.25) is 0 Å². The summed E-state index contributed by atoms with van der Waals surface area (Å²) < 4.78 is 7.47. The van der Waals surface area contributed by atoms with Crippen LogP contribution in [0.3, 0.4) is 0 Å². The van der Waals surface area contributed by atoms with Crippen molar-refractivity contribution in [1.29, 1.82) is 0 Å². The summed E-state index contributed by atoms with van der Waals surface area (Å²) in [6.45, 7) is 5.09. The Morgan fingerprint density at radius 3 is 3.05 bits per heavy atom. The second-order valence-corrected chi connectivity index (χ2v) is 5.18. The molecule has 1 fully saturated rings. The molecule has 20 heavy (non-hydrogen) atoms. The zero-order valence-corrected chi connectivity index (χ0v) is 12.2. The summed E-state index contributed by atoms with van der Waals surface area (Å²) in [4.78, 5) is 18.0. The van der Waals surface area contributed by atoms with E-state index in [1.54, 1.807) is 11.0 Å². The molecule has 1 atom stereocenters. The molecule has 0 aliphatic carbocycles. The lowest BCUT2D eigenvalue weighted by molar-refractivity contribution is -0.133. The summed E-state index contributed by atoms with van der Waals surface area (Å²) >= 11 is 0. The average molecular weight is 280 g/mol. The standard InChI is InChI=1S/C14H24N4O2/c1-2-17(10-13-6-3-4-9-20-13)14(19)7-5-8-18-12-15-11-16-18/h11-13H,2-10H2,1H3/t13-/m0/s1. The zero-order valence-electron chi connectivity index (χ0n) is 12.2. The highest BCUT2D eigenvalue weighted by atomic mass is 16.5. The Labute approximate surface area is 120 Å². The number of amides is 1. The number of hydrogen-bond donors (Lipinski definition) is 0. The van der Waals surface area contributed by atoms with Gasteiger partial charge < -0.3 is 9.64 Å². The Morgan fingerprint density at radius 2 is 2.40 bits per heavy atom. The molecule has 2 heterocycles. The first-order valence-electron chi connectivity index (χ1n) is 7.51. The molecule has 0 spiro atoms. The fourth-order valence-corrected chi connectivity index (χ4v) is 2.50. The van der Waals surface area contributed by atoms with Gasteiger partial charge in [-0.3, -0.25) is 9.48 Å². The van der Waals surface area contributed by atoms with Crippen molar-refractivity contribution in [3.05, 3.63) is 12.7 Å². The van der Waals surface area contributed by atoms with Crippen molar-refractivity contribution >= 4 is 5.91 Å². The van der Waals surface area contributed by atoms with Crippen LogP contribution in [0.5, 0.6) is 0 Å². The van der Waals surface area contributed by atoms with Crippen LogP contribution in [-0.4, -0.2) is 51.4 Å². The number of rotatable bonds is 7. The summed E-state index contributed by atoms with van der Waals surface area (Å²) in [5, 5.41) is 4.03. The summed E-state index contributed by atoms with van der Waals surface area (Å²) in [5.41, 5.74) is 0. The largest absolute Gasteiger partial charge is 0.376 e. The van der Waals surface area contributed by atoms with E-state index in [2.05, 4.69) is 10.1 Å². The van der Waals surface area contributed by atoms with Gasteiger partial charge in [-0.15, -0.1) is 0 Å². The molecule has 1 amide bonds. The smallest absolute Gasteiger partial charge is 0.222 e. The van der Waals surface area contributed by atoms with Gasteiger partial charge in [0.05, 0.1) is 6.10 Å². The molecule has 0 saturated carbocycles. The van der Waals surface area contributed by atoms with Gasteiger partial charge in [-0.05, 0) is 32.6 Å². The van der Waals surface area contributed by atoms with E-state index < -0.39 is 0 Å². The van der Waals surface area contributed by atoms with Gasteiger partial charge in [0.2, 0.25) is 5.91 Å². The van der Waals surface area contributed by atoms with Crippen LogP contribution in [0.4, 0.5) is 0 Å². The Bertz CT molecular complexity index is 388. The Morgan fingerprint density at radius 1 is 1.50 bits per heavy atom. The molecule has 0 aromatic carbocycles. The summed E-state index contributed by atoms with van der Waals surface area (Å²) in [6.07, 6.45) is 8.20. The van der Waals surface area contributed by atoms with E-state index in [0.717, 1.165) is 45.5 Å². The lowest BCUT2D eigenvalue weighted by atomic mass is 10.1. The molecule has 0 radical (unpaired) electrons. The number of aryl methyl sites for hydroxylation is 1. The topological polar surface area (TPSA) is 60.2 Å². The van der Waals surface area contributed by atoms with E-state index in [1.165, 1.54) is 12.7 Å². The molecule has 6 heteroatoms. The Kier molecular flexibility index (Phi) is 5.98. The summed E-state index contributed by atoms with van der Waals surface area (Å²) in [5.74, 6) is 0.210. The van der Waals surface area contributed by atoms with Crippen molar-refractivity contribution in [3.63, 3.8) is 0 Å². The first-order valence-corrected chi connectivity index (χ1v) is 7.51. The Hall–Kier alpha value is -1.43.